The molecule has 0 heterocycles. The number of hydrogen-bond donors (Lipinski definition) is 1. The standard InChI is InChI=1S/C16H9BrN2O4/c17-14-8-13(19(22)23)7-11(16(14)21)6-12(9-18)15(20)10-4-2-1-3-5-10/h1-8,21H/b12-6+. The minimum absolute atomic E-state index is 0.00639. The summed E-state index contributed by atoms with van der Waals surface area (Å²) in [6.07, 6.45) is 1.13. The Morgan fingerprint density at radius 2 is 1.96 bits per heavy atom. The number of nitro benzene ring substituents is 1. The van der Waals surface area contributed by atoms with Gasteiger partial charge in [-0.25, -0.2) is 0 Å². The topological polar surface area (TPSA) is 104 Å². The molecule has 7 heteroatoms. The fourth-order valence-electron chi connectivity index (χ4n) is 1.87. The second kappa shape index (κ2) is 6.85. The van der Waals surface area contributed by atoms with Crippen molar-refractivity contribution in [1.29, 1.82) is 5.26 Å². The lowest BCUT2D eigenvalue weighted by Gasteiger charge is -2.04. The van der Waals surface area contributed by atoms with Crippen LogP contribution in [0.15, 0.2) is 52.5 Å². The number of non-ortho nitro benzene ring substituents is 1. The van der Waals surface area contributed by atoms with Gasteiger partial charge in [0.15, 0.2) is 0 Å². The first-order valence-electron chi connectivity index (χ1n) is 6.32. The molecule has 0 aliphatic carbocycles. The first-order chi connectivity index (χ1) is 10.9. The molecule has 0 aliphatic rings. The van der Waals surface area contributed by atoms with Crippen molar-refractivity contribution in [3.8, 4) is 11.8 Å². The van der Waals surface area contributed by atoms with Crippen LogP contribution in [-0.4, -0.2) is 15.8 Å². The number of Topliss-reactive ketones (excluding diaryl/α,β-unsaturated/α-hetero) is 1. The van der Waals surface area contributed by atoms with Gasteiger partial charge in [0, 0.05) is 23.3 Å². The van der Waals surface area contributed by atoms with Crippen molar-refractivity contribution >= 4 is 33.5 Å². The van der Waals surface area contributed by atoms with Gasteiger partial charge in [0.2, 0.25) is 5.78 Å². The van der Waals surface area contributed by atoms with Gasteiger partial charge in [0.1, 0.15) is 17.4 Å². The van der Waals surface area contributed by atoms with Crippen LogP contribution in [0.3, 0.4) is 0 Å². The molecule has 0 saturated heterocycles. The molecule has 0 fully saturated rings. The summed E-state index contributed by atoms with van der Waals surface area (Å²) in [4.78, 5) is 22.5. The zero-order valence-corrected chi connectivity index (χ0v) is 13.1. The van der Waals surface area contributed by atoms with Gasteiger partial charge in [0.05, 0.1) is 9.40 Å². The number of ketones is 1. The third-order valence-electron chi connectivity index (χ3n) is 2.99. The van der Waals surface area contributed by atoms with Crippen LogP contribution in [0.4, 0.5) is 5.69 Å². The predicted molar refractivity (Wildman–Crippen MR) is 86.8 cm³/mol. The highest BCUT2D eigenvalue weighted by Gasteiger charge is 2.17. The summed E-state index contributed by atoms with van der Waals surface area (Å²) < 4.78 is 0.0994. The first-order valence-corrected chi connectivity index (χ1v) is 7.11. The molecule has 0 aliphatic heterocycles. The van der Waals surface area contributed by atoms with Crippen molar-refractivity contribution < 1.29 is 14.8 Å². The molecule has 2 aromatic carbocycles. The van der Waals surface area contributed by atoms with Crippen LogP contribution in [0.1, 0.15) is 15.9 Å². The molecule has 1 N–H and O–H groups in total. The maximum absolute atomic E-state index is 12.3. The Bertz CT molecular complexity index is 854. The molecule has 0 atom stereocenters. The molecule has 114 valence electrons. The predicted octanol–water partition coefficient (Wildman–Crippen LogP) is 3.85. The lowest BCUT2D eigenvalue weighted by Crippen LogP contribution is -2.01. The lowest BCUT2D eigenvalue weighted by atomic mass is 10.0. The Labute approximate surface area is 139 Å². The van der Waals surface area contributed by atoms with E-state index in [0.29, 0.717) is 5.56 Å². The first kappa shape index (κ1) is 16.4. The Hall–Kier alpha value is -2.98. The number of hydrogen-bond acceptors (Lipinski definition) is 5. The van der Waals surface area contributed by atoms with E-state index in [4.69, 9.17) is 0 Å². The van der Waals surface area contributed by atoms with E-state index in [9.17, 15) is 25.3 Å². The molecule has 0 bridgehead atoms. The number of nitrogens with zero attached hydrogens (tertiary/aromatic N) is 2. The summed E-state index contributed by atoms with van der Waals surface area (Å²) in [7, 11) is 0. The smallest absolute Gasteiger partial charge is 0.271 e. The third-order valence-corrected chi connectivity index (χ3v) is 3.59. The molecule has 23 heavy (non-hydrogen) atoms. The average molecular weight is 373 g/mol. The van der Waals surface area contributed by atoms with Gasteiger partial charge >= 0.3 is 0 Å². The number of halogens is 1. The molecule has 0 saturated carbocycles. The SMILES string of the molecule is N#C/C(=C\c1cc([N+](=O)[O-])cc(Br)c1O)C(=O)c1ccccc1. The molecule has 6 nitrogen and oxygen atoms in total. The molecule has 2 aromatic rings. The lowest BCUT2D eigenvalue weighted by molar-refractivity contribution is -0.385. The molecule has 0 radical (unpaired) electrons. The van der Waals surface area contributed by atoms with E-state index in [1.807, 2.05) is 0 Å². The number of nitriles is 1. The maximum Gasteiger partial charge on any atom is 0.271 e. The van der Waals surface area contributed by atoms with Crippen LogP contribution in [0.25, 0.3) is 6.08 Å². The molecule has 0 spiro atoms. The number of carbonyl (C=O) groups excluding carboxylic acids is 1. The van der Waals surface area contributed by atoms with Gasteiger partial charge < -0.3 is 5.11 Å². The van der Waals surface area contributed by atoms with Gasteiger partial charge in [-0.2, -0.15) is 5.26 Å². The molecular formula is C16H9BrN2O4. The molecule has 0 unspecified atom stereocenters. The van der Waals surface area contributed by atoms with Gasteiger partial charge in [-0.1, -0.05) is 30.3 Å². The normalized spacial score (nSPS) is 10.9. The van der Waals surface area contributed by atoms with E-state index in [0.717, 1.165) is 18.2 Å². The fourth-order valence-corrected chi connectivity index (χ4v) is 2.33. The van der Waals surface area contributed by atoms with Crippen molar-refractivity contribution in [2.75, 3.05) is 0 Å². The zero-order valence-electron chi connectivity index (χ0n) is 11.6. The Balaban J connectivity index is 2.53. The van der Waals surface area contributed by atoms with Gasteiger partial charge in [-0.05, 0) is 22.0 Å². The van der Waals surface area contributed by atoms with E-state index in [2.05, 4.69) is 15.9 Å². The van der Waals surface area contributed by atoms with Crippen LogP contribution < -0.4 is 0 Å². The van der Waals surface area contributed by atoms with Crippen LogP contribution in [0.2, 0.25) is 0 Å². The quantitative estimate of drug-likeness (QED) is 0.288. The van der Waals surface area contributed by atoms with E-state index >= 15 is 0 Å². The van der Waals surface area contributed by atoms with Crippen LogP contribution in [0.5, 0.6) is 5.75 Å². The number of carbonyl (C=O) groups is 1. The minimum Gasteiger partial charge on any atom is -0.506 e. The van der Waals surface area contributed by atoms with Crippen molar-refractivity contribution in [3.63, 3.8) is 0 Å². The van der Waals surface area contributed by atoms with E-state index in [-0.39, 0.29) is 27.0 Å². The Kier molecular flexibility index (Phi) is 4.88. The van der Waals surface area contributed by atoms with Crippen molar-refractivity contribution in [2.45, 2.75) is 0 Å². The number of allylic oxidation sites excluding steroid dienone is 1. The number of phenolic OH excluding ortho intramolecular Hbond substituents is 1. The van der Waals surface area contributed by atoms with E-state index in [1.165, 1.54) is 0 Å². The largest absolute Gasteiger partial charge is 0.506 e. The zero-order chi connectivity index (χ0) is 17.0. The molecular weight excluding hydrogens is 364 g/mol. The number of aromatic hydroxyl groups is 1. The summed E-state index contributed by atoms with van der Waals surface area (Å²) in [5.41, 5.74) is -0.194. The maximum atomic E-state index is 12.3. The summed E-state index contributed by atoms with van der Waals surface area (Å²) in [5, 5.41) is 30.0. The van der Waals surface area contributed by atoms with E-state index in [1.54, 1.807) is 36.4 Å². The number of rotatable bonds is 4. The van der Waals surface area contributed by atoms with Crippen molar-refractivity contribution in [3.05, 3.63) is 73.8 Å². The van der Waals surface area contributed by atoms with Crippen molar-refractivity contribution in [1.82, 2.24) is 0 Å². The monoisotopic (exact) mass is 372 g/mol. The minimum atomic E-state index is -0.632. The molecule has 0 amide bonds. The highest BCUT2D eigenvalue weighted by Crippen LogP contribution is 2.34. The van der Waals surface area contributed by atoms with Gasteiger partial charge in [0.25, 0.3) is 5.69 Å². The van der Waals surface area contributed by atoms with Gasteiger partial charge in [-0.15, -0.1) is 0 Å². The van der Waals surface area contributed by atoms with Crippen LogP contribution in [0, 0.1) is 21.4 Å². The number of phenols is 1. The number of benzene rings is 2. The molecule has 2 rings (SSSR count). The fraction of sp³-hybridized carbons (Fsp3) is 0. The second-order valence-electron chi connectivity index (χ2n) is 4.49. The third kappa shape index (κ3) is 3.62. The summed E-state index contributed by atoms with van der Waals surface area (Å²) in [6, 6.07) is 12.1. The Morgan fingerprint density at radius 3 is 2.52 bits per heavy atom. The molecule has 0 aromatic heterocycles. The van der Waals surface area contributed by atoms with Crippen LogP contribution in [-0.2, 0) is 0 Å². The van der Waals surface area contributed by atoms with Gasteiger partial charge in [-0.3, -0.25) is 14.9 Å². The number of nitro groups is 1. The summed E-state index contributed by atoms with van der Waals surface area (Å²) in [5.74, 6) is -0.820. The van der Waals surface area contributed by atoms with Crippen LogP contribution >= 0.6 is 15.9 Å². The highest BCUT2D eigenvalue weighted by atomic mass is 79.9. The second-order valence-corrected chi connectivity index (χ2v) is 5.34. The average Bonchev–Trinajstić information content (AvgIpc) is 2.56. The Morgan fingerprint density at radius 1 is 1.30 bits per heavy atom. The van der Waals surface area contributed by atoms with E-state index < -0.39 is 10.7 Å². The summed E-state index contributed by atoms with van der Waals surface area (Å²) in [6.45, 7) is 0. The highest BCUT2D eigenvalue weighted by molar-refractivity contribution is 9.10. The summed E-state index contributed by atoms with van der Waals surface area (Å²) >= 11 is 3.01. The van der Waals surface area contributed by atoms with Crippen molar-refractivity contribution in [2.24, 2.45) is 0 Å².